The van der Waals surface area contributed by atoms with Gasteiger partial charge in [0, 0.05) is 11.5 Å². The zero-order valence-electron chi connectivity index (χ0n) is 26.4. The van der Waals surface area contributed by atoms with Gasteiger partial charge in [0.1, 0.15) is 0 Å². The number of benzene rings is 1. The molecule has 1 N–H and O–H groups in total. The van der Waals surface area contributed by atoms with E-state index in [0.717, 1.165) is 36.2 Å². The van der Waals surface area contributed by atoms with Crippen LogP contribution in [0.1, 0.15) is 108 Å². The van der Waals surface area contributed by atoms with Gasteiger partial charge in [-0.2, -0.15) is 0 Å². The number of ether oxygens (including phenoxy) is 2. The van der Waals surface area contributed by atoms with Crippen molar-refractivity contribution in [2.45, 2.75) is 104 Å². The standard InChI is InChI=1S/C37H54O5/c1-6-8-9-10-28-11-14-32(15-12-28)33-16-18-34(19-17-33)35-20-13-29(22-31(35)7-2)21-30(24-41-36(39)26(3)4)25-42-37(40)27(5)23-38/h13,18,20,22,28,30,32-33,38H,3,5-12,14-17,19,21,23-25H2,1-2,4H3. The summed E-state index contributed by atoms with van der Waals surface area (Å²) in [6.45, 7) is 13.0. The van der Waals surface area contributed by atoms with E-state index in [-0.39, 0.29) is 24.7 Å². The lowest BCUT2D eigenvalue weighted by molar-refractivity contribution is -0.144. The Morgan fingerprint density at radius 3 is 2.29 bits per heavy atom. The van der Waals surface area contributed by atoms with Gasteiger partial charge in [-0.25, -0.2) is 9.59 Å². The van der Waals surface area contributed by atoms with Crippen LogP contribution in [0.5, 0.6) is 0 Å². The molecule has 2 atom stereocenters. The van der Waals surface area contributed by atoms with Gasteiger partial charge in [-0.1, -0.05) is 89.8 Å². The molecule has 2 aliphatic rings. The average Bonchev–Trinajstić information content (AvgIpc) is 3.02. The molecule has 42 heavy (non-hydrogen) atoms. The molecule has 3 rings (SSSR count). The summed E-state index contributed by atoms with van der Waals surface area (Å²) < 4.78 is 10.8. The Hall–Kier alpha value is -2.66. The highest BCUT2D eigenvalue weighted by Gasteiger charge is 2.29. The van der Waals surface area contributed by atoms with Crippen molar-refractivity contribution in [2.24, 2.45) is 23.7 Å². The second-order valence-corrected chi connectivity index (χ2v) is 12.7. The van der Waals surface area contributed by atoms with E-state index in [0.29, 0.717) is 12.0 Å². The SMILES string of the molecule is C=C(C)C(=O)OCC(COC(=O)C(=C)CO)Cc1ccc(C2=CCC(C3CCC(CCCCC)CC3)CC2)c(CC)c1. The van der Waals surface area contributed by atoms with Gasteiger partial charge >= 0.3 is 11.9 Å². The van der Waals surface area contributed by atoms with Gasteiger partial charge in [-0.05, 0) is 91.9 Å². The lowest BCUT2D eigenvalue weighted by atomic mass is 9.70. The number of unbranched alkanes of at least 4 members (excludes halogenated alkanes) is 2. The summed E-state index contributed by atoms with van der Waals surface area (Å²) in [6.07, 6.45) is 19.0. The third-order valence-electron chi connectivity index (χ3n) is 9.37. The number of rotatable bonds is 16. The van der Waals surface area contributed by atoms with Crippen LogP contribution in [0, 0.1) is 23.7 Å². The topological polar surface area (TPSA) is 72.8 Å². The number of aliphatic hydroxyl groups excluding tert-OH is 1. The zero-order chi connectivity index (χ0) is 30.5. The smallest absolute Gasteiger partial charge is 0.335 e. The Morgan fingerprint density at radius 2 is 1.69 bits per heavy atom. The maximum Gasteiger partial charge on any atom is 0.335 e. The zero-order valence-corrected chi connectivity index (χ0v) is 26.4. The third kappa shape index (κ3) is 10.3. The molecular weight excluding hydrogens is 524 g/mol. The van der Waals surface area contributed by atoms with Crippen molar-refractivity contribution in [3.05, 3.63) is 65.3 Å². The van der Waals surface area contributed by atoms with Crippen LogP contribution in [0.2, 0.25) is 0 Å². The molecule has 232 valence electrons. The van der Waals surface area contributed by atoms with Crippen LogP contribution in [0.3, 0.4) is 0 Å². The average molecular weight is 579 g/mol. The predicted molar refractivity (Wildman–Crippen MR) is 171 cm³/mol. The summed E-state index contributed by atoms with van der Waals surface area (Å²) in [4.78, 5) is 24.1. The van der Waals surface area contributed by atoms with Crippen LogP contribution in [0.4, 0.5) is 0 Å². The summed E-state index contributed by atoms with van der Waals surface area (Å²) in [6, 6.07) is 6.66. The lowest BCUT2D eigenvalue weighted by Crippen LogP contribution is -2.24. The number of aryl methyl sites for hydroxylation is 1. The first kappa shape index (κ1) is 33.8. The van der Waals surface area contributed by atoms with E-state index in [1.54, 1.807) is 6.92 Å². The predicted octanol–water partition coefficient (Wildman–Crippen LogP) is 8.19. The van der Waals surface area contributed by atoms with Crippen molar-refractivity contribution >= 4 is 17.5 Å². The van der Waals surface area contributed by atoms with Crippen molar-refractivity contribution in [2.75, 3.05) is 19.8 Å². The minimum absolute atomic E-state index is 0.00314. The molecule has 2 unspecified atom stereocenters. The maximum absolute atomic E-state index is 12.1. The van der Waals surface area contributed by atoms with E-state index >= 15 is 0 Å². The van der Waals surface area contributed by atoms with Crippen LogP contribution in [-0.2, 0) is 31.9 Å². The first-order valence-corrected chi connectivity index (χ1v) is 16.3. The van der Waals surface area contributed by atoms with E-state index < -0.39 is 18.5 Å². The fourth-order valence-corrected chi connectivity index (χ4v) is 6.71. The van der Waals surface area contributed by atoms with Crippen LogP contribution < -0.4 is 0 Å². The van der Waals surface area contributed by atoms with Crippen LogP contribution in [0.15, 0.2) is 48.6 Å². The molecule has 0 aliphatic heterocycles. The Balaban J connectivity index is 1.61. The largest absolute Gasteiger partial charge is 0.462 e. The number of aliphatic hydroxyl groups is 1. The molecule has 5 nitrogen and oxygen atoms in total. The molecule has 0 bridgehead atoms. The molecule has 0 heterocycles. The molecule has 1 aromatic carbocycles. The van der Waals surface area contributed by atoms with Gasteiger partial charge in [-0.15, -0.1) is 0 Å². The van der Waals surface area contributed by atoms with Gasteiger partial charge in [0.2, 0.25) is 0 Å². The number of carbonyl (C=O) groups excluding carboxylic acids is 2. The second kappa shape index (κ2) is 17.5. The van der Waals surface area contributed by atoms with Gasteiger partial charge in [0.25, 0.3) is 0 Å². The minimum atomic E-state index is -0.638. The molecule has 0 amide bonds. The minimum Gasteiger partial charge on any atom is -0.462 e. The van der Waals surface area contributed by atoms with Gasteiger partial charge in [0.05, 0.1) is 25.4 Å². The molecule has 1 aromatic rings. The number of allylic oxidation sites excluding steroid dienone is 2. The Labute approximate surface area is 254 Å². The highest BCUT2D eigenvalue weighted by Crippen LogP contribution is 2.42. The third-order valence-corrected chi connectivity index (χ3v) is 9.37. The van der Waals surface area contributed by atoms with Crippen LogP contribution >= 0.6 is 0 Å². The second-order valence-electron chi connectivity index (χ2n) is 12.7. The van der Waals surface area contributed by atoms with Gasteiger partial charge in [0.15, 0.2) is 0 Å². The van der Waals surface area contributed by atoms with E-state index in [1.807, 2.05) is 0 Å². The van der Waals surface area contributed by atoms with Crippen LogP contribution in [-0.4, -0.2) is 36.9 Å². The van der Waals surface area contributed by atoms with Gasteiger partial charge < -0.3 is 14.6 Å². The molecular formula is C37H54O5. The Bertz CT molecular complexity index is 1090. The quantitative estimate of drug-likeness (QED) is 0.122. The highest BCUT2D eigenvalue weighted by molar-refractivity contribution is 5.88. The van der Waals surface area contributed by atoms with Crippen molar-refractivity contribution in [3.63, 3.8) is 0 Å². The number of esters is 2. The summed E-state index contributed by atoms with van der Waals surface area (Å²) in [7, 11) is 0. The molecule has 2 aliphatic carbocycles. The van der Waals surface area contributed by atoms with Crippen molar-refractivity contribution < 1.29 is 24.2 Å². The van der Waals surface area contributed by atoms with Crippen molar-refractivity contribution in [1.29, 1.82) is 0 Å². The van der Waals surface area contributed by atoms with Crippen molar-refractivity contribution in [3.8, 4) is 0 Å². The Kier molecular flexibility index (Phi) is 14.1. The monoisotopic (exact) mass is 578 g/mol. The summed E-state index contributed by atoms with van der Waals surface area (Å²) in [5.74, 6) is 1.38. The number of hydrogen-bond donors (Lipinski definition) is 1. The first-order valence-electron chi connectivity index (χ1n) is 16.3. The molecule has 1 saturated carbocycles. The fourth-order valence-electron chi connectivity index (χ4n) is 6.71. The maximum atomic E-state index is 12.1. The number of hydrogen-bond acceptors (Lipinski definition) is 5. The summed E-state index contributed by atoms with van der Waals surface area (Å²) in [5, 5.41) is 9.17. The highest BCUT2D eigenvalue weighted by atomic mass is 16.5. The lowest BCUT2D eigenvalue weighted by Gasteiger charge is -2.36. The summed E-state index contributed by atoms with van der Waals surface area (Å²) >= 11 is 0. The van der Waals surface area contributed by atoms with E-state index in [2.05, 4.69) is 51.3 Å². The molecule has 0 radical (unpaired) electrons. The van der Waals surface area contributed by atoms with E-state index in [4.69, 9.17) is 9.47 Å². The van der Waals surface area contributed by atoms with E-state index in [1.165, 1.54) is 80.9 Å². The molecule has 5 heteroatoms. The molecule has 1 fully saturated rings. The first-order chi connectivity index (χ1) is 20.2. The van der Waals surface area contributed by atoms with Gasteiger partial charge in [-0.3, -0.25) is 0 Å². The summed E-state index contributed by atoms with van der Waals surface area (Å²) in [5.41, 5.74) is 5.61. The van der Waals surface area contributed by atoms with Crippen LogP contribution in [0.25, 0.3) is 5.57 Å². The molecule has 0 spiro atoms. The fraction of sp³-hybridized carbons (Fsp3) is 0.622. The van der Waals surface area contributed by atoms with E-state index in [9.17, 15) is 14.7 Å². The molecule has 0 aromatic heterocycles. The Morgan fingerprint density at radius 1 is 0.976 bits per heavy atom. The van der Waals surface area contributed by atoms with Crippen molar-refractivity contribution in [1.82, 2.24) is 0 Å². The normalized spacial score (nSPS) is 21.2. The molecule has 0 saturated heterocycles. The number of carbonyl (C=O) groups is 2.